The lowest BCUT2D eigenvalue weighted by Gasteiger charge is -2.13. The molecule has 1 N–H and O–H groups in total. The Morgan fingerprint density at radius 2 is 2.13 bits per heavy atom. The maximum atomic E-state index is 12.8. The number of carbonyl (C=O) groups excluding carboxylic acids is 1. The highest BCUT2D eigenvalue weighted by atomic mass is 32.2. The quantitative estimate of drug-likeness (QED) is 0.658. The molecule has 0 aliphatic carbocycles. The standard InChI is InChI=1S/C13H12F3N3O3S/c1-19-11(12(21)22-18-19)23-7-6-10(20)17-9-5-3-2-4-8(9)13(14,15)16/h2-5H,6-7H2,1H3,(H-,17,18,20,21). The summed E-state index contributed by atoms with van der Waals surface area (Å²) >= 11 is 1.04. The fourth-order valence-corrected chi connectivity index (χ4v) is 2.61. The van der Waals surface area contributed by atoms with E-state index in [0.717, 1.165) is 17.8 Å². The van der Waals surface area contributed by atoms with Crippen molar-refractivity contribution < 1.29 is 32.3 Å². The average molecular weight is 347 g/mol. The first-order valence-corrected chi connectivity index (χ1v) is 7.39. The molecular formula is C13H12F3N3O3S. The maximum Gasteiger partial charge on any atom is 0.418 e. The Morgan fingerprint density at radius 1 is 1.43 bits per heavy atom. The van der Waals surface area contributed by atoms with Crippen molar-refractivity contribution in [1.29, 1.82) is 0 Å². The zero-order valence-corrected chi connectivity index (χ0v) is 12.7. The van der Waals surface area contributed by atoms with E-state index in [9.17, 15) is 23.1 Å². The lowest BCUT2D eigenvalue weighted by atomic mass is 10.1. The molecular weight excluding hydrogens is 335 g/mol. The molecule has 0 aliphatic heterocycles. The summed E-state index contributed by atoms with van der Waals surface area (Å²) in [5, 5.41) is 17.1. The molecule has 1 aromatic carbocycles. The summed E-state index contributed by atoms with van der Waals surface area (Å²) in [4.78, 5) is 11.8. The van der Waals surface area contributed by atoms with E-state index >= 15 is 0 Å². The van der Waals surface area contributed by atoms with Gasteiger partial charge < -0.3 is 14.9 Å². The smallest absolute Gasteiger partial charge is 0.418 e. The van der Waals surface area contributed by atoms with Crippen LogP contribution in [-0.4, -0.2) is 16.9 Å². The molecule has 2 rings (SSSR count). The second-order valence-corrected chi connectivity index (χ2v) is 5.56. The van der Waals surface area contributed by atoms with Crippen LogP contribution < -0.4 is 15.1 Å². The largest absolute Gasteiger partial charge is 0.538 e. The number of anilines is 1. The van der Waals surface area contributed by atoms with Gasteiger partial charge in [0.1, 0.15) is 0 Å². The summed E-state index contributed by atoms with van der Waals surface area (Å²) in [6, 6.07) is 4.73. The highest BCUT2D eigenvalue weighted by Gasteiger charge is 2.33. The lowest BCUT2D eigenvalue weighted by Crippen LogP contribution is -2.32. The van der Waals surface area contributed by atoms with Crippen molar-refractivity contribution in [2.75, 3.05) is 11.1 Å². The third-order valence-electron chi connectivity index (χ3n) is 2.79. The minimum Gasteiger partial charge on any atom is -0.538 e. The Kier molecular flexibility index (Phi) is 5.14. The number of para-hydroxylation sites is 1. The van der Waals surface area contributed by atoms with Gasteiger partial charge in [-0.05, 0) is 12.1 Å². The molecule has 23 heavy (non-hydrogen) atoms. The van der Waals surface area contributed by atoms with Crippen LogP contribution in [0.5, 0.6) is 5.95 Å². The van der Waals surface area contributed by atoms with Gasteiger partial charge in [0.05, 0.1) is 16.5 Å². The second-order valence-electron chi connectivity index (χ2n) is 4.48. The van der Waals surface area contributed by atoms with Crippen molar-refractivity contribution in [3.63, 3.8) is 0 Å². The molecule has 10 heteroatoms. The second kappa shape index (κ2) is 6.90. The fourth-order valence-electron chi connectivity index (χ4n) is 1.75. The van der Waals surface area contributed by atoms with E-state index in [4.69, 9.17) is 0 Å². The highest BCUT2D eigenvalue weighted by Crippen LogP contribution is 2.34. The molecule has 1 heterocycles. The molecule has 1 amide bonds. The van der Waals surface area contributed by atoms with Crippen LogP contribution in [0, 0.1) is 0 Å². The van der Waals surface area contributed by atoms with E-state index in [1.54, 1.807) is 0 Å². The average Bonchev–Trinajstić information content (AvgIpc) is 2.78. The SMILES string of the molecule is C[n+]1noc([O-])c1SCCC(=O)Nc1ccccc1C(F)(F)F. The number of nitrogens with one attached hydrogen (secondary N) is 1. The van der Waals surface area contributed by atoms with Crippen LogP contribution in [0.3, 0.4) is 0 Å². The summed E-state index contributed by atoms with van der Waals surface area (Å²) in [5.41, 5.74) is -1.21. The zero-order valence-electron chi connectivity index (χ0n) is 11.9. The molecule has 0 atom stereocenters. The molecule has 0 aliphatic rings. The summed E-state index contributed by atoms with van der Waals surface area (Å²) < 4.78 is 44.1. The molecule has 1 aromatic heterocycles. The third-order valence-corrected chi connectivity index (χ3v) is 3.90. The number of halogens is 3. The number of alkyl halides is 3. The summed E-state index contributed by atoms with van der Waals surface area (Å²) in [7, 11) is 1.51. The van der Waals surface area contributed by atoms with Crippen molar-refractivity contribution in [2.45, 2.75) is 17.6 Å². The maximum absolute atomic E-state index is 12.8. The Hall–Kier alpha value is -2.23. The molecule has 0 saturated carbocycles. The van der Waals surface area contributed by atoms with Crippen molar-refractivity contribution in [2.24, 2.45) is 7.05 Å². The van der Waals surface area contributed by atoms with Gasteiger partial charge in [0, 0.05) is 12.2 Å². The number of hydrogen-bond donors (Lipinski definition) is 1. The predicted octanol–water partition coefficient (Wildman–Crippen LogP) is 1.71. The predicted molar refractivity (Wildman–Crippen MR) is 72.5 cm³/mol. The van der Waals surface area contributed by atoms with Gasteiger partial charge >= 0.3 is 6.18 Å². The molecule has 0 saturated heterocycles. The van der Waals surface area contributed by atoms with Gasteiger partial charge in [-0.1, -0.05) is 28.6 Å². The Morgan fingerprint density at radius 3 is 2.74 bits per heavy atom. The van der Waals surface area contributed by atoms with Gasteiger partial charge in [0.2, 0.25) is 5.91 Å². The van der Waals surface area contributed by atoms with E-state index in [1.165, 1.54) is 29.9 Å². The van der Waals surface area contributed by atoms with Crippen LogP contribution in [0.4, 0.5) is 18.9 Å². The Labute approximate surface area is 133 Å². The number of benzene rings is 1. The van der Waals surface area contributed by atoms with E-state index < -0.39 is 23.6 Å². The number of thioether (sulfide) groups is 1. The van der Waals surface area contributed by atoms with Crippen molar-refractivity contribution in [3.05, 3.63) is 29.8 Å². The Balaban J connectivity index is 1.93. The van der Waals surface area contributed by atoms with Crippen molar-refractivity contribution in [1.82, 2.24) is 5.27 Å². The number of carbonyl (C=O) groups is 1. The molecule has 6 nitrogen and oxygen atoms in total. The minimum atomic E-state index is -4.55. The molecule has 0 radical (unpaired) electrons. The van der Waals surface area contributed by atoms with Gasteiger partial charge in [-0.2, -0.15) is 13.2 Å². The molecule has 0 fully saturated rings. The number of nitrogens with zero attached hydrogens (tertiary/aromatic N) is 2. The fraction of sp³-hybridized carbons (Fsp3) is 0.308. The number of hydrogen-bond acceptors (Lipinski definition) is 5. The van der Waals surface area contributed by atoms with E-state index in [2.05, 4.69) is 15.1 Å². The van der Waals surface area contributed by atoms with Gasteiger partial charge in [-0.15, -0.1) is 0 Å². The van der Waals surface area contributed by atoms with Crippen LogP contribution in [0.25, 0.3) is 0 Å². The summed E-state index contributed by atoms with van der Waals surface area (Å²) in [5.74, 6) is -1.01. The number of amides is 1. The van der Waals surface area contributed by atoms with Crippen LogP contribution in [0.2, 0.25) is 0 Å². The van der Waals surface area contributed by atoms with Crippen LogP contribution in [0.1, 0.15) is 12.0 Å². The van der Waals surface area contributed by atoms with Crippen LogP contribution >= 0.6 is 11.8 Å². The Bertz CT molecular complexity index is 684. The molecule has 0 unspecified atom stereocenters. The van der Waals surface area contributed by atoms with Crippen LogP contribution in [-0.2, 0) is 18.0 Å². The third kappa shape index (κ3) is 4.38. The minimum absolute atomic E-state index is 0.0680. The molecule has 0 bridgehead atoms. The first kappa shape index (κ1) is 17.1. The first-order valence-electron chi connectivity index (χ1n) is 6.41. The van der Waals surface area contributed by atoms with Crippen molar-refractivity contribution >= 4 is 23.4 Å². The number of aryl methyl sites for hydroxylation is 1. The number of rotatable bonds is 5. The molecule has 0 spiro atoms. The lowest BCUT2D eigenvalue weighted by molar-refractivity contribution is -0.772. The topological polar surface area (TPSA) is 82.1 Å². The number of aromatic nitrogens is 2. The van der Waals surface area contributed by atoms with Crippen LogP contribution in [0.15, 0.2) is 33.8 Å². The van der Waals surface area contributed by atoms with E-state index in [0.29, 0.717) is 0 Å². The van der Waals surface area contributed by atoms with Gasteiger partial charge in [-0.25, -0.2) is 0 Å². The monoisotopic (exact) mass is 347 g/mol. The zero-order chi connectivity index (χ0) is 17.0. The van der Waals surface area contributed by atoms with Crippen molar-refractivity contribution in [3.8, 4) is 5.95 Å². The van der Waals surface area contributed by atoms with E-state index in [1.807, 2.05) is 0 Å². The highest BCUT2D eigenvalue weighted by molar-refractivity contribution is 7.99. The normalized spacial score (nSPS) is 11.5. The molecule has 124 valence electrons. The van der Waals surface area contributed by atoms with Gasteiger partial charge in [0.15, 0.2) is 13.0 Å². The van der Waals surface area contributed by atoms with Gasteiger partial charge in [-0.3, -0.25) is 4.79 Å². The summed E-state index contributed by atoms with van der Waals surface area (Å²) in [6.45, 7) is 0. The first-order chi connectivity index (χ1) is 10.8. The van der Waals surface area contributed by atoms with Gasteiger partial charge in [0.25, 0.3) is 5.03 Å². The van der Waals surface area contributed by atoms with E-state index in [-0.39, 0.29) is 22.9 Å². The molecule has 2 aromatic rings. The summed E-state index contributed by atoms with van der Waals surface area (Å²) in [6.07, 6.45) is -4.62.